The summed E-state index contributed by atoms with van der Waals surface area (Å²) in [6.07, 6.45) is 5.23. The highest BCUT2D eigenvalue weighted by molar-refractivity contribution is 7.98. The van der Waals surface area contributed by atoms with Gasteiger partial charge in [-0.25, -0.2) is 13.2 Å². The van der Waals surface area contributed by atoms with Gasteiger partial charge >= 0.3 is 5.97 Å². The van der Waals surface area contributed by atoms with Crippen molar-refractivity contribution in [3.05, 3.63) is 35.9 Å². The number of hydrogen-bond acceptors (Lipinski definition) is 6. The molecule has 1 fully saturated rings. The molecule has 1 unspecified atom stereocenters. The number of ether oxygens (including phenoxy) is 1. The molecule has 6 nitrogen and oxygen atoms in total. The van der Waals surface area contributed by atoms with Gasteiger partial charge in [-0.3, -0.25) is 4.79 Å². The van der Waals surface area contributed by atoms with Gasteiger partial charge in [-0.2, -0.15) is 0 Å². The lowest BCUT2D eigenvalue weighted by Crippen LogP contribution is -2.38. The third-order valence-electron chi connectivity index (χ3n) is 3.47. The molecule has 0 saturated carbocycles. The van der Waals surface area contributed by atoms with Crippen LogP contribution in [0, 0.1) is 0 Å². The highest BCUT2D eigenvalue weighted by Gasteiger charge is 2.28. The van der Waals surface area contributed by atoms with Gasteiger partial charge in [0.05, 0.1) is 11.5 Å². The van der Waals surface area contributed by atoms with E-state index in [9.17, 15) is 18.0 Å². The summed E-state index contributed by atoms with van der Waals surface area (Å²) in [6.45, 7) is -0.425. The lowest BCUT2D eigenvalue weighted by Gasteiger charge is -2.10. The van der Waals surface area contributed by atoms with Gasteiger partial charge in [0.2, 0.25) is 0 Å². The van der Waals surface area contributed by atoms with E-state index in [4.69, 9.17) is 4.74 Å². The van der Waals surface area contributed by atoms with E-state index in [0.717, 1.165) is 10.5 Å². The number of benzene rings is 1. The molecule has 24 heavy (non-hydrogen) atoms. The van der Waals surface area contributed by atoms with Crippen LogP contribution in [-0.4, -0.2) is 50.7 Å². The van der Waals surface area contributed by atoms with Crippen molar-refractivity contribution in [2.45, 2.75) is 17.4 Å². The van der Waals surface area contributed by atoms with Crippen LogP contribution < -0.4 is 5.32 Å². The van der Waals surface area contributed by atoms with Crippen molar-refractivity contribution in [3.63, 3.8) is 0 Å². The smallest absolute Gasteiger partial charge is 0.331 e. The highest BCUT2D eigenvalue weighted by Crippen LogP contribution is 2.15. The Kier molecular flexibility index (Phi) is 6.44. The Labute approximate surface area is 145 Å². The third-order valence-corrected chi connectivity index (χ3v) is 5.98. The monoisotopic (exact) mass is 369 g/mol. The van der Waals surface area contributed by atoms with Crippen molar-refractivity contribution in [1.29, 1.82) is 0 Å². The van der Waals surface area contributed by atoms with Gasteiger partial charge in [0.1, 0.15) is 0 Å². The normalized spacial score (nSPS) is 19.3. The summed E-state index contributed by atoms with van der Waals surface area (Å²) in [6, 6.07) is 7.25. The van der Waals surface area contributed by atoms with E-state index >= 15 is 0 Å². The van der Waals surface area contributed by atoms with Gasteiger partial charge in [-0.05, 0) is 36.4 Å². The molecule has 0 spiro atoms. The van der Waals surface area contributed by atoms with E-state index in [1.807, 2.05) is 30.5 Å². The molecule has 8 heteroatoms. The minimum Gasteiger partial charge on any atom is -0.452 e. The summed E-state index contributed by atoms with van der Waals surface area (Å²) < 4.78 is 27.4. The summed E-state index contributed by atoms with van der Waals surface area (Å²) in [5, 5.41) is 2.55. The van der Waals surface area contributed by atoms with Crippen molar-refractivity contribution >= 4 is 39.6 Å². The molecule has 1 heterocycles. The molecule has 2 rings (SSSR count). The molecule has 0 bridgehead atoms. The highest BCUT2D eigenvalue weighted by atomic mass is 32.2. The van der Waals surface area contributed by atoms with Gasteiger partial charge < -0.3 is 10.1 Å². The van der Waals surface area contributed by atoms with Crippen LogP contribution in [0.15, 0.2) is 35.2 Å². The van der Waals surface area contributed by atoms with Crippen LogP contribution in [0.4, 0.5) is 0 Å². The van der Waals surface area contributed by atoms with Crippen LogP contribution in [-0.2, 0) is 24.2 Å². The molecule has 1 amide bonds. The van der Waals surface area contributed by atoms with E-state index < -0.39 is 34.4 Å². The lowest BCUT2D eigenvalue weighted by molar-refractivity contribution is -0.143. The summed E-state index contributed by atoms with van der Waals surface area (Å²) in [7, 11) is -3.05. The minimum absolute atomic E-state index is 0.0569. The van der Waals surface area contributed by atoms with Crippen LogP contribution >= 0.6 is 11.8 Å². The Balaban J connectivity index is 1.74. The maximum atomic E-state index is 11.6. The molecule has 0 radical (unpaired) electrons. The lowest BCUT2D eigenvalue weighted by atomic mass is 10.2. The van der Waals surface area contributed by atoms with Crippen molar-refractivity contribution in [3.8, 4) is 0 Å². The molecule has 0 aromatic heterocycles. The Bertz CT molecular complexity index is 725. The van der Waals surface area contributed by atoms with Gasteiger partial charge in [0.25, 0.3) is 5.91 Å². The molecule has 1 aliphatic heterocycles. The van der Waals surface area contributed by atoms with Crippen molar-refractivity contribution in [2.24, 2.45) is 0 Å². The summed E-state index contributed by atoms with van der Waals surface area (Å²) in [5.41, 5.74) is 0.852. The van der Waals surface area contributed by atoms with Crippen LogP contribution in [0.2, 0.25) is 0 Å². The Hall–Kier alpha value is -1.80. The van der Waals surface area contributed by atoms with Crippen molar-refractivity contribution in [2.75, 3.05) is 24.4 Å². The second-order valence-corrected chi connectivity index (χ2v) is 8.49. The summed E-state index contributed by atoms with van der Waals surface area (Å²) in [5.74, 6) is -1.10. The number of hydrogen-bond donors (Lipinski definition) is 1. The van der Waals surface area contributed by atoms with Crippen LogP contribution in [0.25, 0.3) is 6.08 Å². The predicted octanol–water partition coefficient (Wildman–Crippen LogP) is 1.27. The molecule has 1 atom stereocenters. The third kappa shape index (κ3) is 6.01. The topological polar surface area (TPSA) is 89.5 Å². The number of sulfone groups is 1. The second-order valence-electron chi connectivity index (χ2n) is 5.38. The number of rotatable bonds is 6. The number of carbonyl (C=O) groups is 2. The maximum Gasteiger partial charge on any atom is 0.331 e. The van der Waals surface area contributed by atoms with E-state index in [0.29, 0.717) is 6.42 Å². The Morgan fingerprint density at radius 1 is 1.33 bits per heavy atom. The van der Waals surface area contributed by atoms with E-state index in [1.54, 1.807) is 17.8 Å². The molecule has 1 aromatic rings. The van der Waals surface area contributed by atoms with Gasteiger partial charge in [0.15, 0.2) is 16.4 Å². The molecule has 130 valence electrons. The standard InChI is InChI=1S/C16H19NO5S2/c1-23-14-5-2-12(3-6-14)4-7-16(19)22-10-15(18)17-13-8-9-24(20,21)11-13/h2-7,13H,8-11H2,1H3,(H,17,18). The predicted molar refractivity (Wildman–Crippen MR) is 93.4 cm³/mol. The first-order chi connectivity index (χ1) is 11.4. The Morgan fingerprint density at radius 3 is 2.62 bits per heavy atom. The first-order valence-corrected chi connectivity index (χ1v) is 10.4. The largest absolute Gasteiger partial charge is 0.452 e. The van der Waals surface area contributed by atoms with Crippen LogP contribution in [0.5, 0.6) is 0 Å². The van der Waals surface area contributed by atoms with Gasteiger partial charge in [-0.1, -0.05) is 12.1 Å². The van der Waals surface area contributed by atoms with Crippen molar-refractivity contribution < 1.29 is 22.7 Å². The number of amides is 1. The SMILES string of the molecule is CSc1ccc(C=CC(=O)OCC(=O)NC2CCS(=O)(=O)C2)cc1. The molecular formula is C16H19NO5S2. The first kappa shape index (κ1) is 18.5. The Morgan fingerprint density at radius 2 is 2.04 bits per heavy atom. The average molecular weight is 369 g/mol. The van der Waals surface area contributed by atoms with Crippen LogP contribution in [0.3, 0.4) is 0 Å². The van der Waals surface area contributed by atoms with E-state index in [2.05, 4.69) is 5.32 Å². The average Bonchev–Trinajstić information content (AvgIpc) is 2.90. The van der Waals surface area contributed by atoms with E-state index in [1.165, 1.54) is 6.08 Å². The quantitative estimate of drug-likeness (QED) is 0.461. The first-order valence-electron chi connectivity index (χ1n) is 7.36. The summed E-state index contributed by atoms with van der Waals surface area (Å²) in [4.78, 5) is 24.4. The molecule has 1 saturated heterocycles. The molecule has 1 aliphatic rings. The number of carbonyl (C=O) groups excluding carboxylic acids is 2. The second kappa shape index (κ2) is 8.34. The fourth-order valence-electron chi connectivity index (χ4n) is 2.24. The fourth-order valence-corrected chi connectivity index (χ4v) is 4.32. The van der Waals surface area contributed by atoms with E-state index in [-0.39, 0.29) is 11.5 Å². The number of esters is 1. The zero-order valence-corrected chi connectivity index (χ0v) is 14.9. The van der Waals surface area contributed by atoms with Gasteiger partial charge in [-0.15, -0.1) is 11.8 Å². The fraction of sp³-hybridized carbons (Fsp3) is 0.375. The molecule has 1 N–H and O–H groups in total. The minimum atomic E-state index is -3.05. The summed E-state index contributed by atoms with van der Waals surface area (Å²) >= 11 is 1.63. The molecular weight excluding hydrogens is 350 g/mol. The molecule has 0 aliphatic carbocycles. The zero-order chi connectivity index (χ0) is 17.6. The van der Waals surface area contributed by atoms with Crippen molar-refractivity contribution in [1.82, 2.24) is 5.32 Å². The molecule has 1 aromatic carbocycles. The van der Waals surface area contributed by atoms with Crippen LogP contribution in [0.1, 0.15) is 12.0 Å². The maximum absolute atomic E-state index is 11.6. The van der Waals surface area contributed by atoms with Gasteiger partial charge in [0, 0.05) is 17.0 Å². The number of nitrogens with one attached hydrogen (secondary N) is 1. The number of thioether (sulfide) groups is 1. The zero-order valence-electron chi connectivity index (χ0n) is 13.2.